The molecule has 0 spiro atoms. The van der Waals surface area contributed by atoms with Gasteiger partial charge in [-0.15, -0.1) is 0 Å². The number of nitrogens with zero attached hydrogens (tertiary/aromatic N) is 1. The van der Waals surface area contributed by atoms with E-state index in [0.717, 1.165) is 0 Å². The van der Waals surface area contributed by atoms with Gasteiger partial charge in [-0.25, -0.2) is 4.79 Å². The first-order valence-electron chi connectivity index (χ1n) is 6.77. The van der Waals surface area contributed by atoms with Crippen molar-refractivity contribution in [3.63, 3.8) is 0 Å². The summed E-state index contributed by atoms with van der Waals surface area (Å²) in [6, 6.07) is -1.55. The van der Waals surface area contributed by atoms with Crippen LogP contribution in [0.15, 0.2) is 11.3 Å². The predicted octanol–water partition coefficient (Wildman–Crippen LogP) is 2.80. The van der Waals surface area contributed by atoms with E-state index in [-0.39, 0.29) is 18.5 Å². The number of piperidine rings is 1. The molecule has 1 aliphatic rings. The lowest BCUT2D eigenvalue weighted by Crippen LogP contribution is -2.40. The summed E-state index contributed by atoms with van der Waals surface area (Å²) in [7, 11) is 0. The van der Waals surface area contributed by atoms with Crippen LogP contribution in [0, 0.1) is 0 Å². The highest BCUT2D eigenvalue weighted by Gasteiger charge is 2.27. The third-order valence-corrected chi connectivity index (χ3v) is 2.81. The molecule has 1 heterocycles. The number of allylic oxidation sites excluding steroid dienone is 1. The number of amides is 1. The van der Waals surface area contributed by atoms with E-state index in [1.165, 1.54) is 0 Å². The topological polar surface area (TPSA) is 55.8 Å². The minimum Gasteiger partial charge on any atom is -0.488 e. The molecule has 0 aromatic carbocycles. The van der Waals surface area contributed by atoms with Crippen LogP contribution in [-0.2, 0) is 14.3 Å². The number of ether oxygens (including phenoxy) is 2. The van der Waals surface area contributed by atoms with Crippen LogP contribution in [0.25, 0.3) is 0 Å². The molecule has 5 nitrogen and oxygen atoms in total. The largest absolute Gasteiger partial charge is 0.488 e. The van der Waals surface area contributed by atoms with Crippen molar-refractivity contribution in [3.05, 3.63) is 11.3 Å². The van der Waals surface area contributed by atoms with Gasteiger partial charge in [-0.2, -0.15) is 4.39 Å². The van der Waals surface area contributed by atoms with E-state index in [1.807, 2.05) is 0 Å². The van der Waals surface area contributed by atoms with Crippen LogP contribution < -0.4 is 0 Å². The monoisotopic (exact) mass is 287 g/mol. The molecule has 114 valence electrons. The van der Waals surface area contributed by atoms with Crippen molar-refractivity contribution in [2.45, 2.75) is 46.1 Å². The standard InChI is InChI=1S/C14H22FNO4/c1-5-19-11(12(15)17)10-6-8-16(9-7-10)13(18)20-14(2,3)4/h5-9H2,1-4H3. The maximum atomic E-state index is 12.9. The second-order valence-corrected chi connectivity index (χ2v) is 5.61. The quantitative estimate of drug-likeness (QED) is 0.455. The number of hydrogen-bond acceptors (Lipinski definition) is 4. The second kappa shape index (κ2) is 6.72. The molecule has 6 heteroatoms. The molecule has 1 saturated heterocycles. The van der Waals surface area contributed by atoms with Gasteiger partial charge in [0.25, 0.3) is 0 Å². The highest BCUT2D eigenvalue weighted by atomic mass is 19.1. The molecule has 1 amide bonds. The first-order chi connectivity index (χ1) is 9.24. The van der Waals surface area contributed by atoms with E-state index in [1.54, 1.807) is 32.6 Å². The molecular weight excluding hydrogens is 265 g/mol. The van der Waals surface area contributed by atoms with E-state index in [4.69, 9.17) is 9.47 Å². The summed E-state index contributed by atoms with van der Waals surface area (Å²) in [6.45, 7) is 8.13. The number of rotatable bonds is 3. The van der Waals surface area contributed by atoms with Gasteiger partial charge in [-0.3, -0.25) is 4.79 Å². The Kier molecular flexibility index (Phi) is 5.53. The molecule has 0 atom stereocenters. The Labute approximate surface area is 118 Å². The fraction of sp³-hybridized carbons (Fsp3) is 0.714. The van der Waals surface area contributed by atoms with Crippen molar-refractivity contribution in [2.75, 3.05) is 19.7 Å². The average molecular weight is 287 g/mol. The zero-order chi connectivity index (χ0) is 15.3. The molecule has 0 radical (unpaired) electrons. The van der Waals surface area contributed by atoms with Crippen LogP contribution in [0.3, 0.4) is 0 Å². The molecule has 1 fully saturated rings. The SMILES string of the molecule is CCOC(C(=O)F)=C1CCN(C(=O)OC(C)(C)C)CC1. The molecule has 20 heavy (non-hydrogen) atoms. The Morgan fingerprint density at radius 3 is 2.20 bits per heavy atom. The smallest absolute Gasteiger partial charge is 0.410 e. The van der Waals surface area contributed by atoms with E-state index < -0.39 is 11.6 Å². The van der Waals surface area contributed by atoms with Crippen LogP contribution in [0.2, 0.25) is 0 Å². The van der Waals surface area contributed by atoms with Crippen molar-refractivity contribution in [3.8, 4) is 0 Å². The van der Waals surface area contributed by atoms with Crippen LogP contribution in [0.4, 0.5) is 9.18 Å². The summed E-state index contributed by atoms with van der Waals surface area (Å²) in [5.74, 6) is -0.198. The maximum Gasteiger partial charge on any atom is 0.410 e. The first kappa shape index (κ1) is 16.5. The molecule has 0 unspecified atom stereocenters. The Balaban J connectivity index is 2.65. The van der Waals surface area contributed by atoms with Gasteiger partial charge >= 0.3 is 12.1 Å². The third-order valence-electron chi connectivity index (χ3n) is 2.81. The van der Waals surface area contributed by atoms with Gasteiger partial charge in [0.2, 0.25) is 0 Å². The zero-order valence-corrected chi connectivity index (χ0v) is 12.5. The molecular formula is C14H22FNO4. The Bertz CT molecular complexity index is 402. The van der Waals surface area contributed by atoms with Crippen molar-refractivity contribution in [1.29, 1.82) is 0 Å². The van der Waals surface area contributed by atoms with E-state index >= 15 is 0 Å². The van der Waals surface area contributed by atoms with E-state index in [2.05, 4.69) is 0 Å². The number of halogens is 1. The molecule has 0 N–H and O–H groups in total. The number of carbonyl (C=O) groups excluding carboxylic acids is 2. The van der Waals surface area contributed by atoms with Gasteiger partial charge in [0.1, 0.15) is 5.60 Å². The van der Waals surface area contributed by atoms with Gasteiger partial charge in [0, 0.05) is 13.1 Å². The zero-order valence-electron chi connectivity index (χ0n) is 12.5. The Morgan fingerprint density at radius 1 is 1.25 bits per heavy atom. The molecule has 1 aliphatic heterocycles. The lowest BCUT2D eigenvalue weighted by molar-refractivity contribution is -0.129. The fourth-order valence-electron chi connectivity index (χ4n) is 1.95. The summed E-state index contributed by atoms with van der Waals surface area (Å²) < 4.78 is 23.2. The van der Waals surface area contributed by atoms with Gasteiger partial charge in [0.15, 0.2) is 5.76 Å². The minimum atomic E-state index is -1.55. The van der Waals surface area contributed by atoms with Gasteiger partial charge in [0.05, 0.1) is 6.61 Å². The summed E-state index contributed by atoms with van der Waals surface area (Å²) in [4.78, 5) is 24.3. The molecule has 0 aromatic heterocycles. The molecule has 0 aromatic rings. The summed E-state index contributed by atoms with van der Waals surface area (Å²) in [5, 5.41) is 0. The molecule has 1 rings (SSSR count). The highest BCUT2D eigenvalue weighted by Crippen LogP contribution is 2.23. The minimum absolute atomic E-state index is 0.198. The number of carbonyl (C=O) groups is 2. The summed E-state index contributed by atoms with van der Waals surface area (Å²) in [6.07, 6.45) is 0.454. The van der Waals surface area contributed by atoms with Gasteiger partial charge in [-0.1, -0.05) is 0 Å². The fourth-order valence-corrected chi connectivity index (χ4v) is 1.95. The van der Waals surface area contributed by atoms with Crippen LogP contribution >= 0.6 is 0 Å². The van der Waals surface area contributed by atoms with Crippen molar-refractivity contribution < 1.29 is 23.5 Å². The normalized spacial score (nSPS) is 15.8. The van der Waals surface area contributed by atoms with E-state index in [9.17, 15) is 14.0 Å². The van der Waals surface area contributed by atoms with Crippen molar-refractivity contribution >= 4 is 12.1 Å². The third kappa shape index (κ3) is 4.83. The Hall–Kier alpha value is -1.59. The number of hydrogen-bond donors (Lipinski definition) is 0. The lowest BCUT2D eigenvalue weighted by atomic mass is 10.0. The highest BCUT2D eigenvalue weighted by molar-refractivity contribution is 5.86. The van der Waals surface area contributed by atoms with E-state index in [0.29, 0.717) is 31.5 Å². The predicted molar refractivity (Wildman–Crippen MR) is 71.8 cm³/mol. The molecule has 0 bridgehead atoms. The first-order valence-corrected chi connectivity index (χ1v) is 6.77. The lowest BCUT2D eigenvalue weighted by Gasteiger charge is -2.31. The van der Waals surface area contributed by atoms with Crippen molar-refractivity contribution in [2.24, 2.45) is 0 Å². The van der Waals surface area contributed by atoms with Crippen molar-refractivity contribution in [1.82, 2.24) is 4.90 Å². The van der Waals surface area contributed by atoms with Crippen LogP contribution in [-0.4, -0.2) is 42.3 Å². The maximum absolute atomic E-state index is 12.9. The average Bonchev–Trinajstić information content (AvgIpc) is 2.33. The molecule has 0 aliphatic carbocycles. The summed E-state index contributed by atoms with van der Waals surface area (Å²) >= 11 is 0. The van der Waals surface area contributed by atoms with Crippen LogP contribution in [0.5, 0.6) is 0 Å². The summed E-state index contributed by atoms with van der Waals surface area (Å²) in [5.41, 5.74) is 0.0812. The van der Waals surface area contributed by atoms with Gasteiger partial charge < -0.3 is 14.4 Å². The molecule has 0 saturated carbocycles. The van der Waals surface area contributed by atoms with Crippen LogP contribution in [0.1, 0.15) is 40.5 Å². The van der Waals surface area contributed by atoms with Gasteiger partial charge in [-0.05, 0) is 46.1 Å². The number of likely N-dealkylation sites (tertiary alicyclic amines) is 1. The Morgan fingerprint density at radius 2 is 1.80 bits per heavy atom. The second-order valence-electron chi connectivity index (χ2n) is 5.61.